The molecule has 1 N–H and O–H groups in total. The van der Waals surface area contributed by atoms with Crippen molar-refractivity contribution in [1.82, 2.24) is 10.1 Å². The fourth-order valence-corrected chi connectivity index (χ4v) is 2.92. The van der Waals surface area contributed by atoms with Crippen LogP contribution in [0.1, 0.15) is 16.1 Å². The van der Waals surface area contributed by atoms with Crippen LogP contribution in [-0.2, 0) is 0 Å². The zero-order chi connectivity index (χ0) is 16.4. The number of pyridine rings is 1. The Kier molecular flexibility index (Phi) is 3.91. The average molecular weight is 324 g/mol. The number of nitrogens with zero attached hydrogens (tertiary/aromatic N) is 2. The lowest BCUT2D eigenvalue weighted by Crippen LogP contribution is -2.00. The van der Waals surface area contributed by atoms with Crippen molar-refractivity contribution in [2.24, 2.45) is 0 Å². The van der Waals surface area contributed by atoms with Gasteiger partial charge in [0.1, 0.15) is 5.69 Å². The van der Waals surface area contributed by atoms with E-state index < -0.39 is 5.97 Å². The topological polar surface area (TPSA) is 76.2 Å². The number of hydrogen-bond acceptors (Lipinski definition) is 5. The minimum Gasteiger partial charge on any atom is -0.478 e. The minimum atomic E-state index is -1.07. The molecule has 0 saturated carbocycles. The van der Waals surface area contributed by atoms with Gasteiger partial charge in [0.2, 0.25) is 0 Å². The van der Waals surface area contributed by atoms with Crippen LogP contribution in [0, 0.1) is 0 Å². The van der Waals surface area contributed by atoms with Gasteiger partial charge in [-0.25, -0.2) is 9.78 Å². The SMILES string of the molecule is C=C/C=C(\C=C)c1noc2nc(-c3cccs3)cc(C(=O)O)c12. The van der Waals surface area contributed by atoms with Gasteiger partial charge < -0.3 is 9.63 Å². The summed E-state index contributed by atoms with van der Waals surface area (Å²) in [5.74, 6) is -1.07. The van der Waals surface area contributed by atoms with Crippen LogP contribution in [0.3, 0.4) is 0 Å². The van der Waals surface area contributed by atoms with Gasteiger partial charge in [0, 0.05) is 5.57 Å². The van der Waals surface area contributed by atoms with Crippen LogP contribution in [0.2, 0.25) is 0 Å². The Bertz CT molecular complexity index is 936. The molecular weight excluding hydrogens is 312 g/mol. The van der Waals surface area contributed by atoms with Crippen molar-refractivity contribution in [3.05, 3.63) is 66.2 Å². The second-order valence-electron chi connectivity index (χ2n) is 4.61. The van der Waals surface area contributed by atoms with Crippen molar-refractivity contribution in [2.45, 2.75) is 0 Å². The first-order chi connectivity index (χ1) is 11.2. The third-order valence-electron chi connectivity index (χ3n) is 3.24. The molecule has 0 aromatic carbocycles. The van der Waals surface area contributed by atoms with E-state index in [1.54, 1.807) is 18.2 Å². The molecule has 23 heavy (non-hydrogen) atoms. The molecule has 114 valence electrons. The molecule has 3 aromatic rings. The number of fused-ring (bicyclic) bond motifs is 1. The summed E-state index contributed by atoms with van der Waals surface area (Å²) >= 11 is 1.47. The predicted octanol–water partition coefficient (Wildman–Crippen LogP) is 4.40. The third kappa shape index (κ3) is 2.60. The van der Waals surface area contributed by atoms with Crippen molar-refractivity contribution in [2.75, 3.05) is 0 Å². The number of hydrogen-bond donors (Lipinski definition) is 1. The van der Waals surface area contributed by atoms with Gasteiger partial charge in [-0.3, -0.25) is 0 Å². The number of aromatic nitrogens is 2. The summed E-state index contributed by atoms with van der Waals surface area (Å²) in [6.45, 7) is 7.34. The molecule has 0 spiro atoms. The van der Waals surface area contributed by atoms with Gasteiger partial charge in [0.05, 0.1) is 21.5 Å². The summed E-state index contributed by atoms with van der Waals surface area (Å²) in [5.41, 5.74) is 1.82. The van der Waals surface area contributed by atoms with E-state index in [4.69, 9.17) is 4.52 Å². The van der Waals surface area contributed by atoms with Gasteiger partial charge in [-0.15, -0.1) is 11.3 Å². The van der Waals surface area contributed by atoms with E-state index in [2.05, 4.69) is 23.3 Å². The highest BCUT2D eigenvalue weighted by molar-refractivity contribution is 7.13. The lowest BCUT2D eigenvalue weighted by atomic mass is 10.0. The first-order valence-corrected chi connectivity index (χ1v) is 7.56. The minimum absolute atomic E-state index is 0.0893. The first kappa shape index (κ1) is 14.9. The molecule has 6 heteroatoms. The maximum atomic E-state index is 11.7. The van der Waals surface area contributed by atoms with E-state index >= 15 is 0 Å². The normalized spacial score (nSPS) is 11.6. The van der Waals surface area contributed by atoms with Crippen LogP contribution in [0.25, 0.3) is 27.2 Å². The molecule has 0 aliphatic carbocycles. The van der Waals surface area contributed by atoms with E-state index in [1.165, 1.54) is 17.4 Å². The highest BCUT2D eigenvalue weighted by Crippen LogP contribution is 2.32. The molecule has 0 bridgehead atoms. The molecule has 3 rings (SSSR count). The van der Waals surface area contributed by atoms with E-state index in [1.807, 2.05) is 17.5 Å². The number of carboxylic acid groups (broad SMARTS) is 1. The maximum absolute atomic E-state index is 11.7. The van der Waals surface area contributed by atoms with Crippen LogP contribution < -0.4 is 0 Å². The van der Waals surface area contributed by atoms with E-state index in [0.717, 1.165) is 4.88 Å². The maximum Gasteiger partial charge on any atom is 0.336 e. The summed E-state index contributed by atoms with van der Waals surface area (Å²) in [6.07, 6.45) is 4.83. The van der Waals surface area contributed by atoms with Gasteiger partial charge in [-0.1, -0.05) is 42.6 Å². The molecule has 0 radical (unpaired) electrons. The van der Waals surface area contributed by atoms with Crippen molar-refractivity contribution in [3.63, 3.8) is 0 Å². The second kappa shape index (κ2) is 6.02. The number of aromatic carboxylic acids is 1. The number of allylic oxidation sites excluding steroid dienone is 4. The summed E-state index contributed by atoms with van der Waals surface area (Å²) < 4.78 is 5.26. The molecule has 0 aliphatic heterocycles. The third-order valence-corrected chi connectivity index (χ3v) is 4.13. The summed E-state index contributed by atoms with van der Waals surface area (Å²) in [6, 6.07) is 5.28. The van der Waals surface area contributed by atoms with Crippen molar-refractivity contribution in [3.8, 4) is 10.6 Å². The lowest BCUT2D eigenvalue weighted by molar-refractivity contribution is 0.0699. The summed E-state index contributed by atoms with van der Waals surface area (Å²) in [4.78, 5) is 16.9. The quantitative estimate of drug-likeness (QED) is 0.704. The Balaban J connectivity index is 2.32. The zero-order valence-electron chi connectivity index (χ0n) is 12.0. The number of carboxylic acids is 1. The molecule has 0 atom stereocenters. The smallest absolute Gasteiger partial charge is 0.336 e. The highest BCUT2D eigenvalue weighted by atomic mass is 32.1. The lowest BCUT2D eigenvalue weighted by Gasteiger charge is -2.03. The molecule has 3 aromatic heterocycles. The Morgan fingerprint density at radius 1 is 1.39 bits per heavy atom. The van der Waals surface area contributed by atoms with Crippen LogP contribution in [0.15, 0.2) is 59.5 Å². The second-order valence-corrected chi connectivity index (χ2v) is 5.56. The van der Waals surface area contributed by atoms with E-state index in [-0.39, 0.29) is 11.3 Å². The molecule has 0 aliphatic rings. The van der Waals surface area contributed by atoms with Gasteiger partial charge in [-0.2, -0.15) is 0 Å². The fourth-order valence-electron chi connectivity index (χ4n) is 2.24. The fraction of sp³-hybridized carbons (Fsp3) is 0. The molecule has 0 amide bonds. The summed E-state index contributed by atoms with van der Waals surface area (Å²) in [5, 5.41) is 15.8. The summed E-state index contributed by atoms with van der Waals surface area (Å²) in [7, 11) is 0. The van der Waals surface area contributed by atoms with Crippen LogP contribution >= 0.6 is 11.3 Å². The predicted molar refractivity (Wildman–Crippen MR) is 90.4 cm³/mol. The Morgan fingerprint density at radius 2 is 2.22 bits per heavy atom. The van der Waals surface area contributed by atoms with Crippen LogP contribution in [-0.4, -0.2) is 21.2 Å². The first-order valence-electron chi connectivity index (χ1n) is 6.68. The van der Waals surface area contributed by atoms with Gasteiger partial charge in [-0.05, 0) is 17.5 Å². The number of rotatable bonds is 5. The molecule has 3 heterocycles. The number of thiophene rings is 1. The van der Waals surface area contributed by atoms with E-state index in [9.17, 15) is 9.90 Å². The largest absolute Gasteiger partial charge is 0.478 e. The number of carbonyl (C=O) groups is 1. The highest BCUT2D eigenvalue weighted by Gasteiger charge is 2.21. The molecule has 0 saturated heterocycles. The van der Waals surface area contributed by atoms with Crippen molar-refractivity contribution in [1.29, 1.82) is 0 Å². The molecular formula is C17H12N2O3S. The Morgan fingerprint density at radius 3 is 2.83 bits per heavy atom. The van der Waals surface area contributed by atoms with Gasteiger partial charge in [0.25, 0.3) is 5.71 Å². The Hall–Kier alpha value is -2.99. The molecule has 5 nitrogen and oxygen atoms in total. The van der Waals surface area contributed by atoms with Gasteiger partial charge in [0.15, 0.2) is 0 Å². The van der Waals surface area contributed by atoms with Crippen molar-refractivity contribution < 1.29 is 14.4 Å². The van der Waals surface area contributed by atoms with Gasteiger partial charge >= 0.3 is 5.97 Å². The molecule has 0 fully saturated rings. The Labute approximate surface area is 135 Å². The van der Waals surface area contributed by atoms with Crippen LogP contribution in [0.5, 0.6) is 0 Å². The van der Waals surface area contributed by atoms with Crippen LogP contribution in [0.4, 0.5) is 0 Å². The standard InChI is InChI=1S/C17H12N2O3S/c1-3-6-10(4-2)15-14-11(17(20)21)9-12(13-7-5-8-23-13)18-16(14)22-19-15/h3-9H,1-2H2,(H,20,21)/b10-6+. The van der Waals surface area contributed by atoms with E-state index in [0.29, 0.717) is 22.3 Å². The average Bonchev–Trinajstić information content (AvgIpc) is 3.21. The monoisotopic (exact) mass is 324 g/mol. The zero-order valence-corrected chi connectivity index (χ0v) is 12.8. The molecule has 0 unspecified atom stereocenters. The van der Waals surface area contributed by atoms with Crippen molar-refractivity contribution >= 4 is 34.0 Å².